The van der Waals surface area contributed by atoms with Crippen LogP contribution in [0.4, 0.5) is 8.78 Å². The van der Waals surface area contributed by atoms with E-state index >= 15 is 0 Å². The van der Waals surface area contributed by atoms with E-state index in [1.165, 1.54) is 7.11 Å². The van der Waals surface area contributed by atoms with Gasteiger partial charge in [0.25, 0.3) is 0 Å². The van der Waals surface area contributed by atoms with Crippen LogP contribution in [0.25, 0.3) is 0 Å². The number of benzene rings is 2. The molecule has 0 N–H and O–H groups in total. The fourth-order valence-electron chi connectivity index (χ4n) is 3.34. The third kappa shape index (κ3) is 5.31. The summed E-state index contributed by atoms with van der Waals surface area (Å²) in [5, 5.41) is 0. The fraction of sp³-hybridized carbons (Fsp3) is 0.364. The first kappa shape index (κ1) is 20.8. The molecule has 2 aromatic rings. The van der Waals surface area contributed by atoms with Crippen LogP contribution in [0.3, 0.4) is 0 Å². The Kier molecular flexibility index (Phi) is 6.80. The predicted molar refractivity (Wildman–Crippen MR) is 100 cm³/mol. The van der Waals surface area contributed by atoms with E-state index in [0.29, 0.717) is 31.7 Å². The van der Waals surface area contributed by atoms with Gasteiger partial charge in [-0.25, -0.2) is 13.6 Å². The number of ether oxygens (including phenoxy) is 3. The lowest BCUT2D eigenvalue weighted by atomic mass is 9.87. The fourth-order valence-corrected chi connectivity index (χ4v) is 3.34. The van der Waals surface area contributed by atoms with E-state index in [2.05, 4.69) is 0 Å². The number of rotatable bonds is 6. The lowest BCUT2D eigenvalue weighted by Gasteiger charge is -2.27. The van der Waals surface area contributed by atoms with Gasteiger partial charge in [-0.05, 0) is 31.2 Å². The van der Waals surface area contributed by atoms with E-state index in [9.17, 15) is 18.4 Å². The molecule has 0 radical (unpaired) electrons. The topological polar surface area (TPSA) is 61.8 Å². The summed E-state index contributed by atoms with van der Waals surface area (Å²) in [6.07, 6.45) is 1.86. The molecule has 0 bridgehead atoms. The smallest absolute Gasteiger partial charge is 0.341 e. The SMILES string of the molecule is COC(=O)C1CCC(Oc2cc(C(=O)OCc3ccccc3)c(F)cc2F)CC1. The quantitative estimate of drug-likeness (QED) is 0.667. The van der Waals surface area contributed by atoms with Crippen LogP contribution >= 0.6 is 0 Å². The molecule has 1 saturated carbocycles. The van der Waals surface area contributed by atoms with Crippen molar-refractivity contribution < 1.29 is 32.6 Å². The van der Waals surface area contributed by atoms with Crippen LogP contribution in [0.15, 0.2) is 42.5 Å². The maximum absolute atomic E-state index is 14.2. The molecule has 0 spiro atoms. The summed E-state index contributed by atoms with van der Waals surface area (Å²) < 4.78 is 43.8. The monoisotopic (exact) mass is 404 g/mol. The normalized spacial score (nSPS) is 18.7. The number of esters is 2. The molecule has 0 unspecified atom stereocenters. The first-order valence-corrected chi connectivity index (χ1v) is 9.42. The number of methoxy groups -OCH3 is 1. The van der Waals surface area contributed by atoms with Crippen LogP contribution in [0, 0.1) is 17.6 Å². The maximum Gasteiger partial charge on any atom is 0.341 e. The van der Waals surface area contributed by atoms with E-state index in [4.69, 9.17) is 14.2 Å². The minimum absolute atomic E-state index is 0.0236. The Morgan fingerprint density at radius 1 is 1.00 bits per heavy atom. The number of halogens is 2. The standard InChI is InChI=1S/C22H22F2O5/c1-27-21(25)15-7-9-16(10-8-15)29-20-11-17(18(23)12-19(20)24)22(26)28-13-14-5-3-2-4-6-14/h2-6,11-12,15-16H,7-10,13H2,1H3. The molecule has 1 aliphatic carbocycles. The molecule has 0 amide bonds. The second kappa shape index (κ2) is 9.49. The highest BCUT2D eigenvalue weighted by atomic mass is 19.1. The van der Waals surface area contributed by atoms with Crippen molar-refractivity contribution in [2.45, 2.75) is 38.4 Å². The molecule has 3 rings (SSSR count). The molecule has 0 aliphatic heterocycles. The third-order valence-corrected chi connectivity index (χ3v) is 4.96. The molecule has 1 fully saturated rings. The first-order chi connectivity index (χ1) is 14.0. The number of carbonyl (C=O) groups is 2. The Labute approximate surface area is 167 Å². The van der Waals surface area contributed by atoms with Crippen LogP contribution < -0.4 is 4.74 Å². The average molecular weight is 404 g/mol. The minimum Gasteiger partial charge on any atom is -0.487 e. The minimum atomic E-state index is -1.01. The zero-order chi connectivity index (χ0) is 20.8. The second-order valence-corrected chi connectivity index (χ2v) is 6.94. The molecule has 29 heavy (non-hydrogen) atoms. The van der Waals surface area contributed by atoms with E-state index in [-0.39, 0.29) is 35.9 Å². The molecule has 0 heterocycles. The van der Waals surface area contributed by atoms with E-state index < -0.39 is 17.6 Å². The molecule has 7 heteroatoms. The van der Waals surface area contributed by atoms with Crippen molar-refractivity contribution in [2.24, 2.45) is 5.92 Å². The lowest BCUT2D eigenvalue weighted by Crippen LogP contribution is -2.29. The molecule has 1 aliphatic rings. The van der Waals surface area contributed by atoms with Gasteiger partial charge in [-0.15, -0.1) is 0 Å². The van der Waals surface area contributed by atoms with Crippen LogP contribution in [-0.4, -0.2) is 25.2 Å². The van der Waals surface area contributed by atoms with Gasteiger partial charge in [-0.2, -0.15) is 0 Å². The average Bonchev–Trinajstić information content (AvgIpc) is 2.74. The highest BCUT2D eigenvalue weighted by molar-refractivity contribution is 5.90. The molecule has 154 valence electrons. The van der Waals surface area contributed by atoms with Gasteiger partial charge < -0.3 is 14.2 Å². The van der Waals surface area contributed by atoms with E-state index in [1.54, 1.807) is 24.3 Å². The molecule has 0 saturated heterocycles. The Morgan fingerprint density at radius 2 is 1.69 bits per heavy atom. The molecule has 5 nitrogen and oxygen atoms in total. The third-order valence-electron chi connectivity index (χ3n) is 4.96. The van der Waals surface area contributed by atoms with Gasteiger partial charge >= 0.3 is 11.9 Å². The first-order valence-electron chi connectivity index (χ1n) is 9.42. The summed E-state index contributed by atoms with van der Waals surface area (Å²) in [4.78, 5) is 23.8. The molecule has 0 aromatic heterocycles. The van der Waals surface area contributed by atoms with E-state index in [1.807, 2.05) is 6.07 Å². The summed E-state index contributed by atoms with van der Waals surface area (Å²) in [6.45, 7) is -0.0236. The van der Waals surface area contributed by atoms with Crippen LogP contribution in [-0.2, 0) is 20.9 Å². The Balaban J connectivity index is 1.64. The largest absolute Gasteiger partial charge is 0.487 e. The zero-order valence-corrected chi connectivity index (χ0v) is 16.0. The summed E-state index contributed by atoms with van der Waals surface area (Å²) >= 11 is 0. The van der Waals surface area contributed by atoms with Gasteiger partial charge in [0.05, 0.1) is 24.7 Å². The van der Waals surface area contributed by atoms with Gasteiger partial charge in [-0.3, -0.25) is 4.79 Å². The van der Waals surface area contributed by atoms with Crippen molar-refractivity contribution in [2.75, 3.05) is 7.11 Å². The number of hydrogen-bond donors (Lipinski definition) is 0. The Morgan fingerprint density at radius 3 is 2.34 bits per heavy atom. The number of hydrogen-bond acceptors (Lipinski definition) is 5. The lowest BCUT2D eigenvalue weighted by molar-refractivity contribution is -0.147. The van der Waals surface area contributed by atoms with Gasteiger partial charge in [0, 0.05) is 12.1 Å². The predicted octanol–water partition coefficient (Wildman–Crippen LogP) is 4.43. The van der Waals surface area contributed by atoms with Crippen molar-refractivity contribution >= 4 is 11.9 Å². The summed E-state index contributed by atoms with van der Waals surface area (Å²) in [5.41, 5.74) is 0.364. The van der Waals surface area contributed by atoms with Gasteiger partial charge in [-0.1, -0.05) is 30.3 Å². The zero-order valence-electron chi connectivity index (χ0n) is 16.0. The number of carbonyl (C=O) groups excluding carboxylic acids is 2. The molecule has 0 atom stereocenters. The molecular weight excluding hydrogens is 382 g/mol. The van der Waals surface area contributed by atoms with Crippen molar-refractivity contribution in [3.63, 3.8) is 0 Å². The Bertz CT molecular complexity index is 861. The molecular formula is C22H22F2O5. The Hall–Kier alpha value is -2.96. The summed E-state index contributed by atoms with van der Waals surface area (Å²) in [7, 11) is 1.34. The second-order valence-electron chi connectivity index (χ2n) is 6.94. The van der Waals surface area contributed by atoms with Gasteiger partial charge in [0.1, 0.15) is 12.4 Å². The van der Waals surface area contributed by atoms with Crippen LogP contribution in [0.2, 0.25) is 0 Å². The maximum atomic E-state index is 14.2. The highest BCUT2D eigenvalue weighted by Gasteiger charge is 2.29. The summed E-state index contributed by atoms with van der Waals surface area (Å²) in [5.74, 6) is -3.47. The summed E-state index contributed by atoms with van der Waals surface area (Å²) in [6, 6.07) is 10.6. The molecule has 2 aromatic carbocycles. The van der Waals surface area contributed by atoms with Crippen LogP contribution in [0.5, 0.6) is 5.75 Å². The van der Waals surface area contributed by atoms with Crippen molar-refractivity contribution in [3.8, 4) is 5.75 Å². The van der Waals surface area contributed by atoms with Crippen molar-refractivity contribution in [3.05, 3.63) is 65.2 Å². The van der Waals surface area contributed by atoms with Gasteiger partial charge in [0.2, 0.25) is 0 Å². The van der Waals surface area contributed by atoms with E-state index in [0.717, 1.165) is 11.6 Å². The van der Waals surface area contributed by atoms with Gasteiger partial charge in [0.15, 0.2) is 11.6 Å². The highest BCUT2D eigenvalue weighted by Crippen LogP contribution is 2.30. The van der Waals surface area contributed by atoms with Crippen LogP contribution in [0.1, 0.15) is 41.6 Å². The van der Waals surface area contributed by atoms with Crippen molar-refractivity contribution in [1.29, 1.82) is 0 Å². The van der Waals surface area contributed by atoms with Crippen molar-refractivity contribution in [1.82, 2.24) is 0 Å².